The molecular formula is C31H66O3S. The van der Waals surface area contributed by atoms with Crippen molar-refractivity contribution in [2.75, 3.05) is 0 Å². The Labute approximate surface area is 224 Å². The van der Waals surface area contributed by atoms with Crippen molar-refractivity contribution in [3.63, 3.8) is 0 Å². The molecule has 0 heterocycles. The number of benzene rings is 2. The summed E-state index contributed by atoms with van der Waals surface area (Å²) in [6.45, 7) is 8.84. The molecule has 2 aromatic carbocycles. The van der Waals surface area contributed by atoms with Crippen LogP contribution in [0.3, 0.4) is 0 Å². The lowest BCUT2D eigenvalue weighted by atomic mass is 9.84. The average Bonchev–Trinajstić information content (AvgIpc) is 2.64. The smallest absolute Gasteiger partial charge is 0.282 e. The van der Waals surface area contributed by atoms with Gasteiger partial charge in [-0.25, -0.2) is 0 Å². The summed E-state index contributed by atoms with van der Waals surface area (Å²) in [4.78, 5) is -0.0545. The van der Waals surface area contributed by atoms with Crippen LogP contribution in [0.5, 0.6) is 0 Å². The first kappa shape index (κ1) is 54.3. The van der Waals surface area contributed by atoms with Crippen LogP contribution >= 0.6 is 0 Å². The minimum absolute atomic E-state index is 0. The highest BCUT2D eigenvalue weighted by atomic mass is 32.2. The molecule has 0 spiro atoms. The van der Waals surface area contributed by atoms with Gasteiger partial charge in [-0.05, 0) is 65.8 Å². The van der Waals surface area contributed by atoms with Gasteiger partial charge in [0.15, 0.2) is 0 Å². The number of hydrogen-bond acceptors (Lipinski definition) is 2. The Kier molecular flexibility index (Phi) is 37.3. The van der Waals surface area contributed by atoms with Crippen LogP contribution in [0.1, 0.15) is 148 Å². The van der Waals surface area contributed by atoms with Crippen molar-refractivity contribution < 1.29 is 13.0 Å². The molecule has 1 N–H and O–H groups in total. The minimum atomic E-state index is -4.13. The van der Waals surface area contributed by atoms with Gasteiger partial charge < -0.3 is 0 Å². The second-order valence-corrected chi connectivity index (χ2v) is 8.68. The fourth-order valence-corrected chi connectivity index (χ4v) is 3.88. The summed E-state index contributed by atoms with van der Waals surface area (Å²) in [6, 6.07) is 15.5. The van der Waals surface area contributed by atoms with Crippen LogP contribution in [0, 0.1) is 0 Å². The van der Waals surface area contributed by atoms with Crippen molar-refractivity contribution in [3.05, 3.63) is 65.2 Å². The molecular weight excluding hydrogens is 452 g/mol. The molecule has 0 fully saturated rings. The van der Waals surface area contributed by atoms with Crippen LogP contribution in [0.25, 0.3) is 0 Å². The van der Waals surface area contributed by atoms with Crippen LogP contribution in [0.4, 0.5) is 0 Å². The third kappa shape index (κ3) is 15.1. The van der Waals surface area contributed by atoms with E-state index < -0.39 is 10.1 Å². The SMILES string of the molecule is C.C.C.C.C.C.C.C.C.CCC(C)c1ccc(C(CC)CC(C)c2ccc(S(=O)(=O)O)cc2)cc1. The summed E-state index contributed by atoms with van der Waals surface area (Å²) in [6.07, 6.45) is 3.22. The normalized spacial score (nSPS) is 11.5. The van der Waals surface area contributed by atoms with E-state index >= 15 is 0 Å². The van der Waals surface area contributed by atoms with Crippen LogP contribution in [-0.4, -0.2) is 13.0 Å². The van der Waals surface area contributed by atoms with Crippen LogP contribution in [-0.2, 0) is 10.1 Å². The summed E-state index contributed by atoms with van der Waals surface area (Å²) in [5.74, 6) is 1.37. The van der Waals surface area contributed by atoms with Gasteiger partial charge in [-0.1, -0.05) is 131 Å². The van der Waals surface area contributed by atoms with E-state index in [1.54, 1.807) is 12.1 Å². The summed E-state index contributed by atoms with van der Waals surface area (Å²) < 4.78 is 31.5. The van der Waals surface area contributed by atoms with E-state index in [9.17, 15) is 8.42 Å². The molecule has 0 aliphatic heterocycles. The Bertz CT molecular complexity index is 794. The molecule has 3 unspecified atom stereocenters. The maximum Gasteiger partial charge on any atom is 0.294 e. The molecule has 2 rings (SSSR count). The largest absolute Gasteiger partial charge is 0.294 e. The predicted molar refractivity (Wildman–Crippen MR) is 168 cm³/mol. The number of hydrogen-bond donors (Lipinski definition) is 1. The van der Waals surface area contributed by atoms with E-state index in [2.05, 4.69) is 52.0 Å². The van der Waals surface area contributed by atoms with Crippen molar-refractivity contribution in [2.24, 2.45) is 0 Å². The molecule has 4 heteroatoms. The molecule has 0 saturated carbocycles. The van der Waals surface area contributed by atoms with Gasteiger partial charge in [0.1, 0.15) is 0 Å². The highest BCUT2D eigenvalue weighted by Gasteiger charge is 2.17. The van der Waals surface area contributed by atoms with Crippen molar-refractivity contribution in [1.29, 1.82) is 0 Å². The predicted octanol–water partition coefficient (Wildman–Crippen LogP) is 11.9. The molecule has 214 valence electrons. The van der Waals surface area contributed by atoms with E-state index in [-0.39, 0.29) is 71.7 Å². The third-order valence-electron chi connectivity index (χ3n) is 5.47. The van der Waals surface area contributed by atoms with Crippen molar-refractivity contribution in [3.8, 4) is 0 Å². The maximum atomic E-state index is 11.2. The zero-order valence-corrected chi connectivity index (χ0v) is 17.0. The topological polar surface area (TPSA) is 54.4 Å². The first-order valence-electron chi connectivity index (χ1n) is 9.43. The van der Waals surface area contributed by atoms with Gasteiger partial charge in [0.2, 0.25) is 0 Å². The molecule has 0 aliphatic rings. The van der Waals surface area contributed by atoms with Crippen LogP contribution in [0.2, 0.25) is 0 Å². The zero-order chi connectivity index (χ0) is 19.3. The fourth-order valence-electron chi connectivity index (χ4n) is 3.40. The molecule has 3 nitrogen and oxygen atoms in total. The van der Waals surface area contributed by atoms with Gasteiger partial charge in [-0.3, -0.25) is 4.55 Å². The first-order valence-corrected chi connectivity index (χ1v) is 10.9. The summed E-state index contributed by atoms with van der Waals surface area (Å²) in [5.41, 5.74) is 3.84. The molecule has 0 bridgehead atoms. The van der Waals surface area contributed by atoms with E-state index in [0.29, 0.717) is 17.8 Å². The molecule has 3 atom stereocenters. The zero-order valence-electron chi connectivity index (χ0n) is 16.1. The molecule has 0 amide bonds. The third-order valence-corrected chi connectivity index (χ3v) is 6.34. The number of rotatable bonds is 8. The summed E-state index contributed by atoms with van der Waals surface area (Å²) in [7, 11) is -4.13. The highest BCUT2D eigenvalue weighted by Crippen LogP contribution is 2.33. The maximum absolute atomic E-state index is 11.2. The Balaban J connectivity index is -0.000000135. The molecule has 35 heavy (non-hydrogen) atoms. The minimum Gasteiger partial charge on any atom is -0.282 e. The van der Waals surface area contributed by atoms with Gasteiger partial charge in [0, 0.05) is 0 Å². The van der Waals surface area contributed by atoms with Crippen molar-refractivity contribution >= 4 is 10.1 Å². The Hall–Kier alpha value is -1.65. The second-order valence-electron chi connectivity index (χ2n) is 7.26. The van der Waals surface area contributed by atoms with E-state index in [1.165, 1.54) is 23.3 Å². The first-order chi connectivity index (χ1) is 12.3. The van der Waals surface area contributed by atoms with Crippen LogP contribution in [0.15, 0.2) is 53.4 Å². The monoisotopic (exact) mass is 518 g/mol. The molecule has 0 radical (unpaired) electrons. The van der Waals surface area contributed by atoms with E-state index in [4.69, 9.17) is 4.55 Å². The highest BCUT2D eigenvalue weighted by molar-refractivity contribution is 7.85. The Morgan fingerprint density at radius 1 is 0.600 bits per heavy atom. The van der Waals surface area contributed by atoms with Gasteiger partial charge in [0.05, 0.1) is 4.90 Å². The van der Waals surface area contributed by atoms with Gasteiger partial charge in [-0.15, -0.1) is 0 Å². The quantitative estimate of drug-likeness (QED) is 0.353. The van der Waals surface area contributed by atoms with Crippen LogP contribution < -0.4 is 0 Å². The van der Waals surface area contributed by atoms with Gasteiger partial charge in [-0.2, -0.15) is 8.42 Å². The van der Waals surface area contributed by atoms with E-state index in [1.807, 2.05) is 0 Å². The standard InChI is InChI=1S/C22H30O3S.9CH4/c1-5-16(3)19-7-9-21(10-8-19)18(6-2)15-17(4)20-11-13-22(14-12-20)26(23,24)25;;;;;;;;;/h7-14,16-18H,5-6,15H2,1-4H3,(H,23,24,25);9*1H4. The Morgan fingerprint density at radius 2 is 0.943 bits per heavy atom. The molecule has 0 aromatic heterocycles. The lowest BCUT2D eigenvalue weighted by Crippen LogP contribution is -2.05. The van der Waals surface area contributed by atoms with Crippen molar-refractivity contribution in [1.82, 2.24) is 0 Å². The second kappa shape index (κ2) is 24.1. The lowest BCUT2D eigenvalue weighted by molar-refractivity contribution is 0.483. The average molecular weight is 519 g/mol. The summed E-state index contributed by atoms with van der Waals surface area (Å²) in [5, 5.41) is 0. The molecule has 2 aromatic rings. The fraction of sp³-hybridized carbons (Fsp3) is 0.613. The van der Waals surface area contributed by atoms with Gasteiger partial charge >= 0.3 is 0 Å². The molecule has 0 aliphatic carbocycles. The Morgan fingerprint density at radius 3 is 1.29 bits per heavy atom. The molecule has 0 saturated heterocycles. The van der Waals surface area contributed by atoms with Crippen molar-refractivity contribution in [2.45, 2.75) is 136 Å². The summed E-state index contributed by atoms with van der Waals surface area (Å²) >= 11 is 0. The van der Waals surface area contributed by atoms with E-state index in [0.717, 1.165) is 24.8 Å². The van der Waals surface area contributed by atoms with Gasteiger partial charge in [0.25, 0.3) is 10.1 Å². The lowest BCUT2D eigenvalue weighted by Gasteiger charge is -2.21.